The Morgan fingerprint density at radius 3 is 2.48 bits per heavy atom. The van der Waals surface area contributed by atoms with E-state index in [-0.39, 0.29) is 12.5 Å². The molecule has 0 unspecified atom stereocenters. The Morgan fingerprint density at radius 1 is 1.18 bits per heavy atom. The highest BCUT2D eigenvalue weighted by atomic mass is 35.5. The summed E-state index contributed by atoms with van der Waals surface area (Å²) in [6.45, 7) is 7.72. The van der Waals surface area contributed by atoms with Gasteiger partial charge in [0.05, 0.1) is 16.1 Å². The Morgan fingerprint density at radius 2 is 1.88 bits per heavy atom. The Bertz CT molecular complexity index is 1240. The molecule has 0 saturated heterocycles. The Kier molecular flexibility index (Phi) is 8.23. The first-order valence-corrected chi connectivity index (χ1v) is 17.4. The molecule has 3 rings (SSSR count). The lowest BCUT2D eigenvalue weighted by Gasteiger charge is -2.15. The summed E-state index contributed by atoms with van der Waals surface area (Å²) < 4.78 is 34.3. The fourth-order valence-electron chi connectivity index (χ4n) is 3.08. The van der Waals surface area contributed by atoms with Crippen LogP contribution in [-0.4, -0.2) is 67.5 Å². The summed E-state index contributed by atoms with van der Waals surface area (Å²) >= 11 is 7.84. The second-order valence-corrected chi connectivity index (χ2v) is 18.1. The van der Waals surface area contributed by atoms with Gasteiger partial charge >= 0.3 is 0 Å². The number of nitrogens with zero attached hydrogens (tertiary/aromatic N) is 5. The van der Waals surface area contributed by atoms with Gasteiger partial charge in [-0.25, -0.2) is 27.4 Å². The number of benzene rings is 1. The number of hydrogen-bond acceptors (Lipinski definition) is 7. The van der Waals surface area contributed by atoms with Gasteiger partial charge in [0.25, 0.3) is 0 Å². The van der Waals surface area contributed by atoms with Crippen LogP contribution in [0.3, 0.4) is 0 Å². The van der Waals surface area contributed by atoms with E-state index in [0.29, 0.717) is 44.8 Å². The molecule has 2 aromatic heterocycles. The largest absolute Gasteiger partial charge is 0.359 e. The van der Waals surface area contributed by atoms with E-state index in [1.807, 2.05) is 24.5 Å². The first-order valence-electron chi connectivity index (χ1n) is 10.5. The molecule has 2 heterocycles. The van der Waals surface area contributed by atoms with Gasteiger partial charge in [0.2, 0.25) is 10.0 Å². The van der Waals surface area contributed by atoms with E-state index in [4.69, 9.17) is 21.4 Å². The lowest BCUT2D eigenvalue weighted by Crippen LogP contribution is -2.24. The highest BCUT2D eigenvalue weighted by Crippen LogP contribution is 2.35. The zero-order valence-electron chi connectivity index (χ0n) is 19.8. The van der Waals surface area contributed by atoms with Crippen molar-refractivity contribution in [3.8, 4) is 11.3 Å². The molecule has 0 fully saturated rings. The number of aromatic nitrogens is 4. The lowest BCUT2D eigenvalue weighted by molar-refractivity contribution is 0.0814. The smallest absolute Gasteiger partial charge is 0.219 e. The number of rotatable bonds is 10. The highest BCUT2D eigenvalue weighted by Gasteiger charge is 2.25. The van der Waals surface area contributed by atoms with Crippen LogP contribution in [0.5, 0.6) is 0 Å². The van der Waals surface area contributed by atoms with E-state index in [0.717, 1.165) is 6.04 Å². The van der Waals surface area contributed by atoms with Crippen molar-refractivity contribution in [1.82, 2.24) is 24.1 Å². The van der Waals surface area contributed by atoms with Crippen molar-refractivity contribution < 1.29 is 13.2 Å². The minimum absolute atomic E-state index is 0.205. The summed E-state index contributed by atoms with van der Waals surface area (Å²) in [6.07, 6.45) is 1.85. The van der Waals surface area contributed by atoms with Crippen LogP contribution in [0.25, 0.3) is 22.3 Å². The SMILES string of the molecule is CSc1nc(CS(=O)(=O)N(C)C)c2c(-c3ccccc3Cl)nn(COCC[Si](C)(C)C)c2n1. The van der Waals surface area contributed by atoms with Crippen LogP contribution in [0.15, 0.2) is 29.4 Å². The molecule has 180 valence electrons. The second kappa shape index (κ2) is 10.4. The molecule has 0 radical (unpaired) electrons. The summed E-state index contributed by atoms with van der Waals surface area (Å²) in [5.41, 5.74) is 2.15. The van der Waals surface area contributed by atoms with Gasteiger partial charge < -0.3 is 4.74 Å². The third kappa shape index (κ3) is 6.34. The van der Waals surface area contributed by atoms with Crippen LogP contribution >= 0.6 is 23.4 Å². The first-order chi connectivity index (χ1) is 15.4. The molecule has 0 amide bonds. The van der Waals surface area contributed by atoms with E-state index in [1.54, 1.807) is 10.7 Å². The molecular formula is C21H30ClN5O3S2Si. The van der Waals surface area contributed by atoms with Crippen molar-refractivity contribution in [2.24, 2.45) is 0 Å². The Balaban J connectivity index is 2.17. The number of halogens is 1. The zero-order valence-corrected chi connectivity index (χ0v) is 23.2. The van der Waals surface area contributed by atoms with Gasteiger partial charge in [-0.2, -0.15) is 5.10 Å². The molecular weight excluding hydrogens is 498 g/mol. The van der Waals surface area contributed by atoms with Crippen LogP contribution in [0.2, 0.25) is 30.7 Å². The van der Waals surface area contributed by atoms with Crippen LogP contribution in [0, 0.1) is 0 Å². The topological polar surface area (TPSA) is 90.2 Å². The summed E-state index contributed by atoms with van der Waals surface area (Å²) in [5, 5.41) is 6.32. The van der Waals surface area contributed by atoms with E-state index in [9.17, 15) is 8.42 Å². The fraction of sp³-hybridized carbons (Fsp3) is 0.476. The predicted octanol–water partition coefficient (Wildman–Crippen LogP) is 4.57. The van der Waals surface area contributed by atoms with Crippen molar-refractivity contribution in [3.05, 3.63) is 35.0 Å². The summed E-state index contributed by atoms with van der Waals surface area (Å²) in [5.74, 6) is -0.272. The van der Waals surface area contributed by atoms with E-state index in [2.05, 4.69) is 29.6 Å². The Hall–Kier alpha value is -1.50. The summed E-state index contributed by atoms with van der Waals surface area (Å²) in [4.78, 5) is 9.22. The van der Waals surface area contributed by atoms with Crippen LogP contribution in [-0.2, 0) is 27.2 Å². The molecule has 0 N–H and O–H groups in total. The van der Waals surface area contributed by atoms with Crippen LogP contribution < -0.4 is 0 Å². The molecule has 0 aliphatic rings. The maximum absolute atomic E-state index is 12.8. The third-order valence-electron chi connectivity index (χ3n) is 5.04. The second-order valence-electron chi connectivity index (χ2n) is 9.07. The predicted molar refractivity (Wildman–Crippen MR) is 138 cm³/mol. The van der Waals surface area contributed by atoms with Gasteiger partial charge in [-0.15, -0.1) is 0 Å². The van der Waals surface area contributed by atoms with Crippen LogP contribution in [0.1, 0.15) is 5.69 Å². The van der Waals surface area contributed by atoms with E-state index < -0.39 is 18.1 Å². The molecule has 0 saturated carbocycles. The third-order valence-corrected chi connectivity index (χ3v) is 9.38. The normalized spacial score (nSPS) is 12.7. The van der Waals surface area contributed by atoms with Crippen molar-refractivity contribution in [2.45, 2.75) is 43.3 Å². The number of sulfonamides is 1. The van der Waals surface area contributed by atoms with Gasteiger partial charge in [-0.3, -0.25) is 0 Å². The van der Waals surface area contributed by atoms with E-state index in [1.165, 1.54) is 30.2 Å². The maximum Gasteiger partial charge on any atom is 0.219 e. The molecule has 12 heteroatoms. The molecule has 0 aliphatic heterocycles. The Labute approximate surface area is 205 Å². The number of ether oxygens (including phenoxy) is 1. The highest BCUT2D eigenvalue weighted by molar-refractivity contribution is 7.98. The number of fused-ring (bicyclic) bond motifs is 1. The van der Waals surface area contributed by atoms with Crippen molar-refractivity contribution in [3.63, 3.8) is 0 Å². The monoisotopic (exact) mass is 527 g/mol. The maximum atomic E-state index is 12.8. The average Bonchev–Trinajstić information content (AvgIpc) is 3.09. The van der Waals surface area contributed by atoms with Crippen molar-refractivity contribution in [1.29, 1.82) is 0 Å². The fourth-order valence-corrected chi connectivity index (χ4v) is 5.25. The minimum atomic E-state index is -3.57. The first kappa shape index (κ1) is 26.1. The van der Waals surface area contributed by atoms with Crippen LogP contribution in [0.4, 0.5) is 0 Å². The molecule has 3 aromatic rings. The van der Waals surface area contributed by atoms with Gasteiger partial charge in [0.1, 0.15) is 18.2 Å². The number of thioether (sulfide) groups is 1. The summed E-state index contributed by atoms with van der Waals surface area (Å²) in [7, 11) is -1.79. The van der Waals surface area contributed by atoms with E-state index >= 15 is 0 Å². The average molecular weight is 528 g/mol. The lowest BCUT2D eigenvalue weighted by atomic mass is 10.1. The molecule has 0 spiro atoms. The minimum Gasteiger partial charge on any atom is -0.359 e. The van der Waals surface area contributed by atoms with Gasteiger partial charge in [-0.05, 0) is 18.4 Å². The van der Waals surface area contributed by atoms with Gasteiger partial charge in [0, 0.05) is 34.3 Å². The zero-order chi connectivity index (χ0) is 24.4. The summed E-state index contributed by atoms with van der Waals surface area (Å²) in [6, 6.07) is 8.36. The molecule has 0 aliphatic carbocycles. The quantitative estimate of drug-likeness (QED) is 0.165. The standard InChI is InChI=1S/C21H30ClN5O3S2Si/c1-26(2)32(28,29)13-17-18-19(15-9-7-8-10-16(15)22)25-27(14-30-11-12-33(4,5)6)20(18)24-21(23-17)31-3/h7-10H,11-14H2,1-6H3. The van der Waals surface area contributed by atoms with Crippen molar-refractivity contribution in [2.75, 3.05) is 27.0 Å². The van der Waals surface area contributed by atoms with Gasteiger partial charge in [0.15, 0.2) is 10.8 Å². The number of hydrogen-bond donors (Lipinski definition) is 0. The molecule has 0 bridgehead atoms. The molecule has 1 aromatic carbocycles. The van der Waals surface area contributed by atoms with Crippen molar-refractivity contribution >= 4 is 52.5 Å². The molecule has 0 atom stereocenters. The van der Waals surface area contributed by atoms with Gasteiger partial charge in [-0.1, -0.05) is 61.2 Å². The molecule has 33 heavy (non-hydrogen) atoms. The molecule has 8 nitrogen and oxygen atoms in total.